The first-order valence-electron chi connectivity index (χ1n) is 9.49. The van der Waals surface area contributed by atoms with Crippen LogP contribution in [-0.4, -0.2) is 36.1 Å². The minimum atomic E-state index is -0.289. The van der Waals surface area contributed by atoms with Gasteiger partial charge in [-0.2, -0.15) is 0 Å². The molecule has 6 nitrogen and oxygen atoms in total. The van der Waals surface area contributed by atoms with Gasteiger partial charge in [0.15, 0.2) is 0 Å². The van der Waals surface area contributed by atoms with Crippen LogP contribution in [0.3, 0.4) is 0 Å². The molecule has 27 heavy (non-hydrogen) atoms. The lowest BCUT2D eigenvalue weighted by Gasteiger charge is -2.15. The summed E-state index contributed by atoms with van der Waals surface area (Å²) in [5.41, 5.74) is 2.05. The fourth-order valence-corrected chi connectivity index (χ4v) is 4.94. The fourth-order valence-electron chi connectivity index (χ4n) is 3.66. The molecule has 0 radical (unpaired) electrons. The maximum Gasteiger partial charge on any atom is 0.274 e. The number of fused-ring (bicyclic) bond motifs is 1. The third-order valence-electron chi connectivity index (χ3n) is 5.04. The second-order valence-corrected chi connectivity index (χ2v) is 8.03. The summed E-state index contributed by atoms with van der Waals surface area (Å²) in [6, 6.07) is 5.21. The second-order valence-electron chi connectivity index (χ2n) is 6.93. The normalized spacial score (nSPS) is 18.7. The fraction of sp³-hybridized carbons (Fsp3) is 0.450. The molecule has 0 spiro atoms. The van der Waals surface area contributed by atoms with Gasteiger partial charge in [-0.15, -0.1) is 11.3 Å². The molecule has 1 aliphatic heterocycles. The Bertz CT molecular complexity index is 828. The maximum absolute atomic E-state index is 12.9. The van der Waals surface area contributed by atoms with E-state index in [0.717, 1.165) is 50.7 Å². The number of anilines is 1. The molecule has 1 saturated heterocycles. The Hall–Kier alpha value is -2.25. The molecule has 1 fully saturated rings. The number of hydrogen-bond donors (Lipinski definition) is 2. The minimum Gasteiger partial charge on any atom is -0.376 e. The number of amides is 2. The van der Waals surface area contributed by atoms with E-state index in [1.807, 2.05) is 0 Å². The van der Waals surface area contributed by atoms with Crippen LogP contribution in [-0.2, 0) is 17.6 Å². The van der Waals surface area contributed by atoms with Gasteiger partial charge in [-0.05, 0) is 56.2 Å². The van der Waals surface area contributed by atoms with Crippen molar-refractivity contribution in [1.29, 1.82) is 0 Å². The van der Waals surface area contributed by atoms with Crippen LogP contribution in [0.2, 0.25) is 0 Å². The van der Waals surface area contributed by atoms with Crippen LogP contribution in [0.5, 0.6) is 0 Å². The van der Waals surface area contributed by atoms with E-state index in [1.165, 1.54) is 16.2 Å². The molecule has 7 heteroatoms. The number of nitrogens with one attached hydrogen (secondary N) is 2. The van der Waals surface area contributed by atoms with Crippen molar-refractivity contribution in [2.24, 2.45) is 0 Å². The average molecular weight is 385 g/mol. The third-order valence-corrected chi connectivity index (χ3v) is 6.24. The number of ether oxygens (including phenoxy) is 1. The number of carbonyl (C=O) groups is 2. The van der Waals surface area contributed by atoms with Crippen LogP contribution in [0, 0.1) is 0 Å². The van der Waals surface area contributed by atoms with Crippen molar-refractivity contribution in [2.45, 2.75) is 44.6 Å². The molecule has 0 saturated carbocycles. The zero-order valence-corrected chi connectivity index (χ0v) is 15.9. The summed E-state index contributed by atoms with van der Waals surface area (Å²) in [7, 11) is 0. The van der Waals surface area contributed by atoms with Crippen LogP contribution in [0.1, 0.15) is 57.0 Å². The Balaban J connectivity index is 1.56. The van der Waals surface area contributed by atoms with E-state index in [2.05, 4.69) is 15.6 Å². The molecule has 1 atom stereocenters. The predicted octanol–water partition coefficient (Wildman–Crippen LogP) is 3.18. The van der Waals surface area contributed by atoms with Gasteiger partial charge in [0.25, 0.3) is 11.8 Å². The van der Waals surface area contributed by atoms with Crippen molar-refractivity contribution in [1.82, 2.24) is 10.3 Å². The molecule has 0 bridgehead atoms. The van der Waals surface area contributed by atoms with Gasteiger partial charge >= 0.3 is 0 Å². The zero-order chi connectivity index (χ0) is 18.6. The number of hydrogen-bond acceptors (Lipinski definition) is 5. The van der Waals surface area contributed by atoms with E-state index in [9.17, 15) is 9.59 Å². The number of rotatable bonds is 5. The summed E-state index contributed by atoms with van der Waals surface area (Å²) in [5, 5.41) is 6.55. The Labute approximate surface area is 162 Å². The molecule has 2 aliphatic rings. The first kappa shape index (κ1) is 18.1. The molecular weight excluding hydrogens is 362 g/mol. The van der Waals surface area contributed by atoms with Crippen molar-refractivity contribution in [3.8, 4) is 0 Å². The highest BCUT2D eigenvalue weighted by Gasteiger charge is 2.27. The van der Waals surface area contributed by atoms with Gasteiger partial charge in [-0.25, -0.2) is 0 Å². The quantitative estimate of drug-likeness (QED) is 0.828. The third kappa shape index (κ3) is 4.04. The van der Waals surface area contributed by atoms with Crippen LogP contribution >= 0.6 is 11.3 Å². The van der Waals surface area contributed by atoms with E-state index < -0.39 is 0 Å². The zero-order valence-electron chi connectivity index (χ0n) is 15.1. The van der Waals surface area contributed by atoms with Crippen molar-refractivity contribution in [3.63, 3.8) is 0 Å². The molecule has 4 rings (SSSR count). The molecule has 2 N–H and O–H groups in total. The van der Waals surface area contributed by atoms with Gasteiger partial charge in [0.2, 0.25) is 0 Å². The monoisotopic (exact) mass is 385 g/mol. The van der Waals surface area contributed by atoms with Gasteiger partial charge in [0.1, 0.15) is 10.7 Å². The van der Waals surface area contributed by atoms with Crippen molar-refractivity contribution < 1.29 is 14.3 Å². The Morgan fingerprint density at radius 3 is 2.85 bits per heavy atom. The molecule has 3 heterocycles. The summed E-state index contributed by atoms with van der Waals surface area (Å²) >= 11 is 1.52. The maximum atomic E-state index is 12.9. The number of thiophene rings is 1. The van der Waals surface area contributed by atoms with E-state index in [0.29, 0.717) is 22.8 Å². The molecule has 1 aliphatic carbocycles. The first-order valence-corrected chi connectivity index (χ1v) is 10.3. The summed E-state index contributed by atoms with van der Waals surface area (Å²) < 4.78 is 5.60. The second kappa shape index (κ2) is 8.19. The number of nitrogens with zero attached hydrogens (tertiary/aromatic N) is 1. The number of aryl methyl sites for hydroxylation is 1. The lowest BCUT2D eigenvalue weighted by atomic mass is 9.95. The van der Waals surface area contributed by atoms with Crippen LogP contribution in [0.4, 0.5) is 5.00 Å². The van der Waals surface area contributed by atoms with Gasteiger partial charge in [-0.1, -0.05) is 6.07 Å². The molecule has 2 aromatic heterocycles. The molecular formula is C20H23N3O3S. The average Bonchev–Trinajstić information content (AvgIpc) is 3.34. The van der Waals surface area contributed by atoms with Crippen LogP contribution < -0.4 is 10.6 Å². The van der Waals surface area contributed by atoms with Crippen LogP contribution in [0.15, 0.2) is 24.4 Å². The van der Waals surface area contributed by atoms with Crippen LogP contribution in [0.25, 0.3) is 0 Å². The Morgan fingerprint density at radius 1 is 1.19 bits per heavy atom. The van der Waals surface area contributed by atoms with Gasteiger partial charge < -0.3 is 15.4 Å². The first-order chi connectivity index (χ1) is 13.2. The highest BCUT2D eigenvalue weighted by Crippen LogP contribution is 2.38. The lowest BCUT2D eigenvalue weighted by Crippen LogP contribution is -2.32. The lowest BCUT2D eigenvalue weighted by molar-refractivity contribution is 0.0858. The van der Waals surface area contributed by atoms with E-state index in [1.54, 1.807) is 24.4 Å². The largest absolute Gasteiger partial charge is 0.376 e. The molecule has 2 amide bonds. The van der Waals surface area contributed by atoms with Crippen molar-refractivity contribution >= 4 is 28.2 Å². The summed E-state index contributed by atoms with van der Waals surface area (Å²) in [4.78, 5) is 30.8. The van der Waals surface area contributed by atoms with Gasteiger partial charge in [0.05, 0.1) is 11.7 Å². The van der Waals surface area contributed by atoms with E-state index in [-0.39, 0.29) is 17.9 Å². The standard InChI is InChI=1S/C20H23N3O3S/c24-18(15-8-3-4-10-21-15)23-20-17(14-7-1-2-9-16(14)27-20)19(25)22-12-13-6-5-11-26-13/h3-4,8,10,13H,1-2,5-7,9,11-12H2,(H,22,25)(H,23,24)/t13-/m0/s1. The summed E-state index contributed by atoms with van der Waals surface area (Å²) in [5.74, 6) is -0.413. The number of aromatic nitrogens is 1. The number of carbonyl (C=O) groups excluding carboxylic acids is 2. The molecule has 0 unspecified atom stereocenters. The highest BCUT2D eigenvalue weighted by atomic mass is 32.1. The summed E-state index contributed by atoms with van der Waals surface area (Å²) in [6.07, 6.45) is 7.74. The van der Waals surface area contributed by atoms with E-state index in [4.69, 9.17) is 4.74 Å². The highest BCUT2D eigenvalue weighted by molar-refractivity contribution is 7.17. The van der Waals surface area contributed by atoms with Crippen molar-refractivity contribution in [2.75, 3.05) is 18.5 Å². The smallest absolute Gasteiger partial charge is 0.274 e. The van der Waals surface area contributed by atoms with Gasteiger partial charge in [0, 0.05) is 24.2 Å². The summed E-state index contributed by atoms with van der Waals surface area (Å²) in [6.45, 7) is 1.27. The number of pyridine rings is 1. The molecule has 2 aromatic rings. The molecule has 0 aromatic carbocycles. The van der Waals surface area contributed by atoms with Crippen molar-refractivity contribution in [3.05, 3.63) is 46.1 Å². The van der Waals surface area contributed by atoms with Gasteiger partial charge in [-0.3, -0.25) is 14.6 Å². The topological polar surface area (TPSA) is 80.3 Å². The van der Waals surface area contributed by atoms with E-state index >= 15 is 0 Å². The molecule has 142 valence electrons. The Kier molecular flexibility index (Phi) is 5.50. The predicted molar refractivity (Wildman–Crippen MR) is 104 cm³/mol. The SMILES string of the molecule is O=C(Nc1sc2c(c1C(=O)NC[C@@H]1CCCO1)CCCC2)c1ccccn1. The minimum absolute atomic E-state index is 0.0926. The Morgan fingerprint density at radius 2 is 2.07 bits per heavy atom.